The molecule has 5 rings (SSSR count). The molecule has 2 aromatic carbocycles. The van der Waals surface area contributed by atoms with Crippen molar-refractivity contribution in [2.45, 2.75) is 19.2 Å². The van der Waals surface area contributed by atoms with Crippen molar-refractivity contribution in [3.63, 3.8) is 0 Å². The number of aryl methyl sites for hydroxylation is 2. The predicted molar refractivity (Wildman–Crippen MR) is 136 cm³/mol. The molecule has 0 aliphatic carbocycles. The smallest absolute Gasteiger partial charge is 0.275 e. The van der Waals surface area contributed by atoms with Crippen LogP contribution in [0.5, 0.6) is 0 Å². The van der Waals surface area contributed by atoms with Crippen molar-refractivity contribution in [3.8, 4) is 11.3 Å². The number of nitrogens with one attached hydrogen (secondary N) is 1. The SMILES string of the molecule is Cc1ccc(-c2nccnc2C(=O)N2CCSC2CNC(=O)c2cccc3ncsc23)cc1C. The first-order chi connectivity index (χ1) is 16.5. The topological polar surface area (TPSA) is 88.1 Å². The van der Waals surface area contributed by atoms with Crippen LogP contribution < -0.4 is 5.32 Å². The van der Waals surface area contributed by atoms with Gasteiger partial charge in [-0.15, -0.1) is 23.1 Å². The molecule has 34 heavy (non-hydrogen) atoms. The maximum absolute atomic E-state index is 13.5. The van der Waals surface area contributed by atoms with Crippen LogP contribution in [-0.4, -0.2) is 55.9 Å². The fraction of sp³-hybridized carbons (Fsp3) is 0.240. The quantitative estimate of drug-likeness (QED) is 0.449. The molecular weight excluding hydrogens is 466 g/mol. The van der Waals surface area contributed by atoms with Crippen LogP contribution >= 0.6 is 23.1 Å². The van der Waals surface area contributed by atoms with Crippen molar-refractivity contribution < 1.29 is 9.59 Å². The first-order valence-electron chi connectivity index (χ1n) is 10.9. The lowest BCUT2D eigenvalue weighted by Crippen LogP contribution is -2.42. The van der Waals surface area contributed by atoms with Gasteiger partial charge in [0.2, 0.25) is 0 Å². The van der Waals surface area contributed by atoms with Crippen molar-refractivity contribution in [2.75, 3.05) is 18.8 Å². The van der Waals surface area contributed by atoms with Crippen LogP contribution in [0.3, 0.4) is 0 Å². The van der Waals surface area contributed by atoms with E-state index >= 15 is 0 Å². The Morgan fingerprint density at radius 1 is 1.09 bits per heavy atom. The minimum Gasteiger partial charge on any atom is -0.349 e. The van der Waals surface area contributed by atoms with Gasteiger partial charge >= 0.3 is 0 Å². The van der Waals surface area contributed by atoms with Crippen LogP contribution in [0, 0.1) is 13.8 Å². The molecule has 1 aliphatic rings. The summed E-state index contributed by atoms with van der Waals surface area (Å²) in [7, 11) is 0. The number of hydrogen-bond donors (Lipinski definition) is 1. The molecule has 3 heterocycles. The van der Waals surface area contributed by atoms with Crippen molar-refractivity contribution in [3.05, 3.63) is 76.7 Å². The van der Waals surface area contributed by atoms with E-state index < -0.39 is 0 Å². The average molecular weight is 490 g/mol. The molecule has 0 saturated carbocycles. The molecule has 2 amide bonds. The molecule has 172 valence electrons. The maximum Gasteiger partial charge on any atom is 0.275 e. The highest BCUT2D eigenvalue weighted by atomic mass is 32.2. The van der Waals surface area contributed by atoms with E-state index in [-0.39, 0.29) is 17.2 Å². The third-order valence-electron chi connectivity index (χ3n) is 5.97. The number of fused-ring (bicyclic) bond motifs is 1. The van der Waals surface area contributed by atoms with Crippen LogP contribution in [0.2, 0.25) is 0 Å². The molecule has 1 fully saturated rings. The van der Waals surface area contributed by atoms with E-state index in [1.54, 1.807) is 40.6 Å². The number of hydrogen-bond acceptors (Lipinski definition) is 7. The van der Waals surface area contributed by atoms with E-state index in [1.165, 1.54) is 16.9 Å². The van der Waals surface area contributed by atoms with Crippen LogP contribution in [0.4, 0.5) is 0 Å². The Morgan fingerprint density at radius 2 is 1.94 bits per heavy atom. The summed E-state index contributed by atoms with van der Waals surface area (Å²) >= 11 is 3.10. The van der Waals surface area contributed by atoms with Gasteiger partial charge in [0.25, 0.3) is 11.8 Å². The maximum atomic E-state index is 13.5. The van der Waals surface area contributed by atoms with Crippen molar-refractivity contribution >= 4 is 45.1 Å². The van der Waals surface area contributed by atoms with E-state index in [1.807, 2.05) is 37.3 Å². The first kappa shape index (κ1) is 22.5. The zero-order valence-electron chi connectivity index (χ0n) is 18.8. The molecule has 0 spiro atoms. The predicted octanol–water partition coefficient (Wildman–Crippen LogP) is 4.32. The number of thioether (sulfide) groups is 1. The summed E-state index contributed by atoms with van der Waals surface area (Å²) in [5.74, 6) is 0.468. The molecule has 1 atom stereocenters. The molecular formula is C25H23N5O2S2. The number of amides is 2. The first-order valence-corrected chi connectivity index (χ1v) is 12.9. The van der Waals surface area contributed by atoms with Gasteiger partial charge in [-0.05, 0) is 43.2 Å². The number of carbonyl (C=O) groups excluding carboxylic acids is 2. The van der Waals surface area contributed by atoms with Gasteiger partial charge in [-0.2, -0.15) is 0 Å². The van der Waals surface area contributed by atoms with Crippen molar-refractivity contribution in [1.82, 2.24) is 25.2 Å². The molecule has 0 radical (unpaired) electrons. The molecule has 4 aromatic rings. The summed E-state index contributed by atoms with van der Waals surface area (Å²) in [5, 5.41) is 2.83. The van der Waals surface area contributed by atoms with Crippen LogP contribution in [0.1, 0.15) is 32.0 Å². The van der Waals surface area contributed by atoms with Crippen LogP contribution in [0.15, 0.2) is 54.3 Å². The number of thiazole rings is 1. The van der Waals surface area contributed by atoms with Crippen LogP contribution in [-0.2, 0) is 0 Å². The fourth-order valence-electron chi connectivity index (χ4n) is 3.99. The minimum absolute atomic E-state index is 0.162. The van der Waals surface area contributed by atoms with E-state index in [9.17, 15) is 9.59 Å². The standard InChI is InChI=1S/C25H23N5O2S2/c1-15-6-7-17(12-16(15)2)21-22(27-9-8-26-21)25(32)30-10-11-33-20(30)13-28-24(31)18-4-3-5-19-23(18)34-14-29-19/h3-9,12,14,20H,10-11,13H2,1-2H3,(H,28,31). The molecule has 1 N–H and O–H groups in total. The Kier molecular flexibility index (Phi) is 6.30. The molecule has 1 saturated heterocycles. The van der Waals surface area contributed by atoms with Gasteiger partial charge in [-0.1, -0.05) is 18.2 Å². The van der Waals surface area contributed by atoms with Gasteiger partial charge in [0.15, 0.2) is 5.69 Å². The Morgan fingerprint density at radius 3 is 2.79 bits per heavy atom. The lowest BCUT2D eigenvalue weighted by molar-refractivity contribution is 0.0746. The summed E-state index contributed by atoms with van der Waals surface area (Å²) in [6.07, 6.45) is 3.16. The van der Waals surface area contributed by atoms with E-state index in [4.69, 9.17) is 0 Å². The van der Waals surface area contributed by atoms with Gasteiger partial charge < -0.3 is 10.2 Å². The summed E-state index contributed by atoms with van der Waals surface area (Å²) in [5.41, 5.74) is 7.25. The van der Waals surface area contributed by atoms with Gasteiger partial charge in [0.1, 0.15) is 5.69 Å². The van der Waals surface area contributed by atoms with Gasteiger partial charge in [0.05, 0.1) is 26.7 Å². The Balaban J connectivity index is 1.34. The van der Waals surface area contributed by atoms with Crippen molar-refractivity contribution in [1.29, 1.82) is 0 Å². The fourth-order valence-corrected chi connectivity index (χ4v) is 5.95. The summed E-state index contributed by atoms with van der Waals surface area (Å²) < 4.78 is 0.865. The average Bonchev–Trinajstić information content (AvgIpc) is 3.53. The highest BCUT2D eigenvalue weighted by Crippen LogP contribution is 2.29. The summed E-state index contributed by atoms with van der Waals surface area (Å²) in [6, 6.07) is 11.6. The number of rotatable bonds is 5. The molecule has 0 bridgehead atoms. The van der Waals surface area contributed by atoms with E-state index in [0.29, 0.717) is 30.0 Å². The second-order valence-electron chi connectivity index (χ2n) is 8.09. The van der Waals surface area contributed by atoms with E-state index in [0.717, 1.165) is 27.1 Å². The molecule has 1 unspecified atom stereocenters. The van der Waals surface area contributed by atoms with Crippen molar-refractivity contribution in [2.24, 2.45) is 0 Å². The second kappa shape index (κ2) is 9.52. The largest absolute Gasteiger partial charge is 0.349 e. The Bertz CT molecular complexity index is 1390. The highest BCUT2D eigenvalue weighted by molar-refractivity contribution is 8.00. The Labute approximate surface area is 205 Å². The van der Waals surface area contributed by atoms with Gasteiger partial charge in [0, 0.05) is 36.8 Å². The molecule has 2 aromatic heterocycles. The van der Waals surface area contributed by atoms with E-state index in [2.05, 4.69) is 27.2 Å². The zero-order valence-corrected chi connectivity index (χ0v) is 20.4. The third-order valence-corrected chi connectivity index (χ3v) is 8.07. The third kappa shape index (κ3) is 4.28. The lowest BCUT2D eigenvalue weighted by atomic mass is 10.0. The normalized spacial score (nSPS) is 15.6. The Hall–Kier alpha value is -3.30. The lowest BCUT2D eigenvalue weighted by Gasteiger charge is -2.24. The monoisotopic (exact) mass is 489 g/mol. The van der Waals surface area contributed by atoms with Gasteiger partial charge in [-0.25, -0.2) is 9.97 Å². The summed E-state index contributed by atoms with van der Waals surface area (Å²) in [6.45, 7) is 5.04. The molecule has 1 aliphatic heterocycles. The highest BCUT2D eigenvalue weighted by Gasteiger charge is 2.33. The zero-order chi connectivity index (χ0) is 23.7. The number of carbonyl (C=O) groups is 2. The number of aromatic nitrogens is 3. The van der Waals surface area contributed by atoms with Gasteiger partial charge in [-0.3, -0.25) is 14.6 Å². The summed E-state index contributed by atoms with van der Waals surface area (Å²) in [4.78, 5) is 41.4. The molecule has 9 heteroatoms. The minimum atomic E-state index is -0.174. The number of benzene rings is 2. The second-order valence-corrected chi connectivity index (χ2v) is 10.2. The number of nitrogens with zero attached hydrogens (tertiary/aromatic N) is 4. The van der Waals surface area contributed by atoms with Crippen LogP contribution in [0.25, 0.3) is 21.5 Å². The molecule has 7 nitrogen and oxygen atoms in total.